The third kappa shape index (κ3) is 7.36. The molecule has 0 bridgehead atoms. The first-order valence-electron chi connectivity index (χ1n) is 11.3. The molecule has 0 aliphatic heterocycles. The van der Waals surface area contributed by atoms with Crippen LogP contribution in [-0.2, 0) is 16.1 Å². The fourth-order valence-corrected chi connectivity index (χ4v) is 4.86. The van der Waals surface area contributed by atoms with Crippen LogP contribution in [0.2, 0.25) is 10.0 Å². The van der Waals surface area contributed by atoms with Gasteiger partial charge in [-0.2, -0.15) is 0 Å². The molecule has 178 valence electrons. The van der Waals surface area contributed by atoms with E-state index in [0.717, 1.165) is 30.2 Å². The summed E-state index contributed by atoms with van der Waals surface area (Å²) >= 11 is 16.2. The molecular formula is C25H29BrCl2N2O3. The Balaban J connectivity index is 1.79. The maximum absolute atomic E-state index is 13.3. The van der Waals surface area contributed by atoms with Gasteiger partial charge in [0.2, 0.25) is 5.91 Å². The molecule has 33 heavy (non-hydrogen) atoms. The Morgan fingerprint density at radius 1 is 1.09 bits per heavy atom. The van der Waals surface area contributed by atoms with Crippen LogP contribution in [0.15, 0.2) is 46.9 Å². The first kappa shape index (κ1) is 25.9. The van der Waals surface area contributed by atoms with Crippen molar-refractivity contribution in [3.8, 4) is 5.75 Å². The zero-order chi connectivity index (χ0) is 23.8. The highest BCUT2D eigenvalue weighted by Gasteiger charge is 2.31. The van der Waals surface area contributed by atoms with Gasteiger partial charge in [-0.1, -0.05) is 71.4 Å². The summed E-state index contributed by atoms with van der Waals surface area (Å²) in [5.41, 5.74) is 0.613. The maximum Gasteiger partial charge on any atom is 0.261 e. The van der Waals surface area contributed by atoms with Crippen LogP contribution in [0.5, 0.6) is 5.75 Å². The van der Waals surface area contributed by atoms with Gasteiger partial charge >= 0.3 is 0 Å². The van der Waals surface area contributed by atoms with Crippen LogP contribution in [0.3, 0.4) is 0 Å². The van der Waals surface area contributed by atoms with Gasteiger partial charge in [0.25, 0.3) is 5.91 Å². The molecule has 1 saturated carbocycles. The van der Waals surface area contributed by atoms with Gasteiger partial charge in [0.05, 0.1) is 0 Å². The van der Waals surface area contributed by atoms with Crippen molar-refractivity contribution in [3.63, 3.8) is 0 Å². The molecule has 3 rings (SSSR count). The topological polar surface area (TPSA) is 58.6 Å². The summed E-state index contributed by atoms with van der Waals surface area (Å²) in [5.74, 6) is 0.117. The molecule has 2 aromatic carbocycles. The van der Waals surface area contributed by atoms with Gasteiger partial charge in [-0.15, -0.1) is 0 Å². The number of carbonyl (C=O) groups is 2. The monoisotopic (exact) mass is 554 g/mol. The lowest BCUT2D eigenvalue weighted by molar-refractivity contribution is -0.143. The van der Waals surface area contributed by atoms with E-state index in [9.17, 15) is 9.59 Å². The van der Waals surface area contributed by atoms with Gasteiger partial charge in [-0.25, -0.2) is 0 Å². The summed E-state index contributed by atoms with van der Waals surface area (Å²) in [6.07, 6.45) is 5.83. The summed E-state index contributed by atoms with van der Waals surface area (Å²) in [6, 6.07) is 11.9. The molecule has 2 amide bonds. The minimum absolute atomic E-state index is 0.123. The molecule has 0 spiro atoms. The number of halogens is 3. The number of ether oxygens (including phenoxy) is 1. The zero-order valence-electron chi connectivity index (χ0n) is 18.7. The second-order valence-corrected chi connectivity index (χ2v) is 9.96. The van der Waals surface area contributed by atoms with Gasteiger partial charge in [-0.05, 0) is 55.7 Å². The summed E-state index contributed by atoms with van der Waals surface area (Å²) in [6.45, 7) is 1.82. The molecule has 0 radical (unpaired) electrons. The van der Waals surface area contributed by atoms with E-state index in [4.69, 9.17) is 27.9 Å². The molecule has 1 N–H and O–H groups in total. The minimum Gasteiger partial charge on any atom is -0.484 e. The molecule has 1 aliphatic rings. The lowest BCUT2D eigenvalue weighted by Gasteiger charge is -2.33. The number of nitrogens with one attached hydrogen (secondary N) is 1. The van der Waals surface area contributed by atoms with Crippen molar-refractivity contribution in [1.29, 1.82) is 0 Å². The minimum atomic E-state index is -0.653. The van der Waals surface area contributed by atoms with Crippen molar-refractivity contribution in [3.05, 3.63) is 62.5 Å². The van der Waals surface area contributed by atoms with Gasteiger partial charge in [0.15, 0.2) is 6.61 Å². The van der Waals surface area contributed by atoms with Crippen molar-refractivity contribution < 1.29 is 14.3 Å². The molecule has 1 aliphatic carbocycles. The third-order valence-corrected chi connectivity index (χ3v) is 7.14. The standard InChI is InChI=1S/C25H29BrCl2N2O3/c1-2-23(25(32)29-18-7-4-3-5-8-18)30(15-20-21(27)9-6-10-22(20)28)24(31)16-33-19-13-11-17(26)12-14-19/h6,9-14,18,23H,2-5,7-8,15-16H2,1H3,(H,29,32)/t23-/m0/s1. The molecule has 0 aromatic heterocycles. The normalized spacial score (nSPS) is 15.0. The first-order chi connectivity index (χ1) is 15.9. The summed E-state index contributed by atoms with van der Waals surface area (Å²) in [4.78, 5) is 28.1. The Morgan fingerprint density at radius 2 is 1.73 bits per heavy atom. The molecule has 8 heteroatoms. The zero-order valence-corrected chi connectivity index (χ0v) is 21.8. The summed E-state index contributed by atoms with van der Waals surface area (Å²) < 4.78 is 6.63. The average Bonchev–Trinajstić information content (AvgIpc) is 2.81. The van der Waals surface area contributed by atoms with Crippen LogP contribution in [0, 0.1) is 0 Å². The number of rotatable bonds is 9. The van der Waals surface area contributed by atoms with Crippen molar-refractivity contribution in [2.75, 3.05) is 6.61 Å². The molecular weight excluding hydrogens is 527 g/mol. The quantitative estimate of drug-likeness (QED) is 0.390. The fourth-order valence-electron chi connectivity index (χ4n) is 4.08. The second kappa shape index (κ2) is 12.6. The molecule has 0 saturated heterocycles. The van der Waals surface area contributed by atoms with Crippen LogP contribution in [0.4, 0.5) is 0 Å². The molecule has 2 aromatic rings. The number of hydrogen-bond acceptors (Lipinski definition) is 3. The van der Waals surface area contributed by atoms with Crippen LogP contribution in [0.25, 0.3) is 0 Å². The van der Waals surface area contributed by atoms with Crippen molar-refractivity contribution >= 4 is 50.9 Å². The molecule has 0 heterocycles. The third-order valence-electron chi connectivity index (χ3n) is 5.90. The number of carbonyl (C=O) groups excluding carboxylic acids is 2. The van der Waals surface area contributed by atoms with Gasteiger partial charge < -0.3 is 15.0 Å². The van der Waals surface area contributed by atoms with E-state index in [-0.39, 0.29) is 31.0 Å². The van der Waals surface area contributed by atoms with Crippen LogP contribution >= 0.6 is 39.1 Å². The fraction of sp³-hybridized carbons (Fsp3) is 0.440. The molecule has 0 unspecified atom stereocenters. The van der Waals surface area contributed by atoms with E-state index < -0.39 is 6.04 Å². The predicted octanol–water partition coefficient (Wildman–Crippen LogP) is 6.39. The number of nitrogens with zero attached hydrogens (tertiary/aromatic N) is 1. The Hall–Kier alpha value is -1.76. The average molecular weight is 556 g/mol. The van der Waals surface area contributed by atoms with E-state index >= 15 is 0 Å². The Bertz CT molecular complexity index is 929. The van der Waals surface area contributed by atoms with E-state index in [1.54, 1.807) is 30.3 Å². The smallest absolute Gasteiger partial charge is 0.261 e. The van der Waals surface area contributed by atoms with Crippen molar-refractivity contribution in [2.24, 2.45) is 0 Å². The maximum atomic E-state index is 13.3. The van der Waals surface area contributed by atoms with Gasteiger partial charge in [-0.3, -0.25) is 9.59 Å². The number of hydrogen-bond donors (Lipinski definition) is 1. The Morgan fingerprint density at radius 3 is 2.33 bits per heavy atom. The van der Waals surface area contributed by atoms with Gasteiger partial charge in [0.1, 0.15) is 11.8 Å². The van der Waals surface area contributed by atoms with E-state index in [1.807, 2.05) is 19.1 Å². The van der Waals surface area contributed by atoms with Crippen molar-refractivity contribution in [2.45, 2.75) is 64.1 Å². The molecule has 1 atom stereocenters. The first-order valence-corrected chi connectivity index (χ1v) is 12.8. The Labute approximate surface area is 213 Å². The highest BCUT2D eigenvalue weighted by atomic mass is 79.9. The van der Waals surface area contributed by atoms with Crippen LogP contribution < -0.4 is 10.1 Å². The summed E-state index contributed by atoms with van der Waals surface area (Å²) in [7, 11) is 0. The van der Waals surface area contributed by atoms with Crippen LogP contribution in [-0.4, -0.2) is 35.4 Å². The van der Waals surface area contributed by atoms with Crippen LogP contribution in [0.1, 0.15) is 51.0 Å². The highest BCUT2D eigenvalue weighted by Crippen LogP contribution is 2.27. The molecule has 1 fully saturated rings. The number of benzene rings is 2. The van der Waals surface area contributed by atoms with E-state index in [1.165, 1.54) is 11.3 Å². The second-order valence-electron chi connectivity index (χ2n) is 8.23. The lowest BCUT2D eigenvalue weighted by Crippen LogP contribution is -2.52. The SMILES string of the molecule is CC[C@@H](C(=O)NC1CCCCC1)N(Cc1c(Cl)cccc1Cl)C(=O)COc1ccc(Br)cc1. The van der Waals surface area contributed by atoms with E-state index in [0.29, 0.717) is 27.8 Å². The summed E-state index contributed by atoms with van der Waals surface area (Å²) in [5, 5.41) is 4.07. The molecule has 5 nitrogen and oxygen atoms in total. The predicted molar refractivity (Wildman–Crippen MR) is 136 cm³/mol. The number of amides is 2. The Kier molecular flexibility index (Phi) is 9.90. The van der Waals surface area contributed by atoms with E-state index in [2.05, 4.69) is 21.2 Å². The van der Waals surface area contributed by atoms with Gasteiger partial charge in [0, 0.05) is 32.7 Å². The largest absolute Gasteiger partial charge is 0.484 e. The van der Waals surface area contributed by atoms with Crippen molar-refractivity contribution in [1.82, 2.24) is 10.2 Å². The highest BCUT2D eigenvalue weighted by molar-refractivity contribution is 9.10. The lowest BCUT2D eigenvalue weighted by atomic mass is 9.95.